The van der Waals surface area contributed by atoms with Crippen molar-refractivity contribution in [1.29, 1.82) is 5.26 Å². The molecule has 2 rings (SSSR count). The molecule has 0 bridgehead atoms. The van der Waals surface area contributed by atoms with Gasteiger partial charge in [-0.3, -0.25) is 4.79 Å². The first-order valence-corrected chi connectivity index (χ1v) is 7.26. The molecule has 2 fully saturated rings. The smallest absolute Gasteiger partial charge is 0.304 e. The first-order valence-electron chi connectivity index (χ1n) is 7.26. The van der Waals surface area contributed by atoms with Gasteiger partial charge >= 0.3 is 5.97 Å². The number of rotatable bonds is 2. The van der Waals surface area contributed by atoms with Gasteiger partial charge in [0, 0.05) is 19.8 Å². The number of nitrogens with zero attached hydrogens (tertiary/aromatic N) is 1. The molecule has 0 heterocycles. The average Bonchev–Trinajstić information content (AvgIpc) is 2.40. The third-order valence-electron chi connectivity index (χ3n) is 4.70. The molecule has 3 nitrogen and oxygen atoms in total. The third-order valence-corrected chi connectivity index (χ3v) is 4.70. The SMILES string of the molecule is CC(=O)O[C@]1(C#N)CC[C@@H](C2CCCCC2)CC1. The Morgan fingerprint density at radius 2 is 1.67 bits per heavy atom. The molecule has 0 spiro atoms. The zero-order chi connectivity index (χ0) is 13.0. The summed E-state index contributed by atoms with van der Waals surface area (Å²) < 4.78 is 5.26. The van der Waals surface area contributed by atoms with Crippen molar-refractivity contribution in [1.82, 2.24) is 0 Å². The van der Waals surface area contributed by atoms with Crippen molar-refractivity contribution < 1.29 is 9.53 Å². The standard InChI is InChI=1S/C15H23NO2/c1-12(17)18-15(11-16)9-7-14(8-10-15)13-5-3-2-4-6-13/h13-14H,2-10H2,1H3/t14-,15-. The zero-order valence-corrected chi connectivity index (χ0v) is 11.3. The molecular formula is C15H23NO2. The molecule has 2 aliphatic rings. The van der Waals surface area contributed by atoms with Gasteiger partial charge in [0.05, 0.1) is 0 Å². The highest BCUT2D eigenvalue weighted by molar-refractivity contribution is 5.67. The summed E-state index contributed by atoms with van der Waals surface area (Å²) in [5.41, 5.74) is -0.822. The van der Waals surface area contributed by atoms with E-state index in [1.807, 2.05) is 0 Å². The molecule has 0 aromatic rings. The summed E-state index contributed by atoms with van der Waals surface area (Å²) in [6, 6.07) is 2.23. The van der Waals surface area contributed by atoms with Crippen LogP contribution in [0.3, 0.4) is 0 Å². The monoisotopic (exact) mass is 249 g/mol. The normalized spacial score (nSPS) is 33.7. The summed E-state index contributed by atoms with van der Waals surface area (Å²) in [4.78, 5) is 11.1. The van der Waals surface area contributed by atoms with E-state index in [1.165, 1.54) is 39.0 Å². The van der Waals surface area contributed by atoms with Crippen LogP contribution in [0, 0.1) is 23.2 Å². The summed E-state index contributed by atoms with van der Waals surface area (Å²) in [5.74, 6) is 1.28. The number of hydrogen-bond acceptors (Lipinski definition) is 3. The Bertz CT molecular complexity index is 331. The van der Waals surface area contributed by atoms with Gasteiger partial charge in [-0.05, 0) is 24.7 Å². The van der Waals surface area contributed by atoms with E-state index in [-0.39, 0.29) is 5.97 Å². The Kier molecular flexibility index (Phi) is 4.27. The van der Waals surface area contributed by atoms with Crippen LogP contribution >= 0.6 is 0 Å². The van der Waals surface area contributed by atoms with Crippen molar-refractivity contribution in [3.8, 4) is 6.07 Å². The Hall–Kier alpha value is -1.04. The van der Waals surface area contributed by atoms with Gasteiger partial charge in [0.25, 0.3) is 0 Å². The van der Waals surface area contributed by atoms with Crippen LogP contribution in [0.2, 0.25) is 0 Å². The zero-order valence-electron chi connectivity index (χ0n) is 11.3. The van der Waals surface area contributed by atoms with Crippen LogP contribution in [0.5, 0.6) is 0 Å². The van der Waals surface area contributed by atoms with Gasteiger partial charge in [-0.25, -0.2) is 0 Å². The molecule has 2 saturated carbocycles. The van der Waals surface area contributed by atoms with E-state index >= 15 is 0 Å². The molecule has 0 atom stereocenters. The van der Waals surface area contributed by atoms with Crippen molar-refractivity contribution in [2.45, 2.75) is 70.3 Å². The number of hydrogen-bond donors (Lipinski definition) is 0. The van der Waals surface area contributed by atoms with Crippen LogP contribution in [-0.4, -0.2) is 11.6 Å². The van der Waals surface area contributed by atoms with E-state index in [2.05, 4.69) is 6.07 Å². The molecule has 3 heteroatoms. The second-order valence-electron chi connectivity index (χ2n) is 5.94. The van der Waals surface area contributed by atoms with Crippen molar-refractivity contribution in [3.63, 3.8) is 0 Å². The molecule has 0 radical (unpaired) electrons. The Morgan fingerprint density at radius 3 is 2.17 bits per heavy atom. The van der Waals surface area contributed by atoms with Gasteiger partial charge in [-0.15, -0.1) is 0 Å². The van der Waals surface area contributed by atoms with Crippen molar-refractivity contribution in [2.75, 3.05) is 0 Å². The molecule has 2 aliphatic carbocycles. The van der Waals surface area contributed by atoms with Gasteiger partial charge in [0.2, 0.25) is 0 Å². The lowest BCUT2D eigenvalue weighted by Gasteiger charge is -2.38. The van der Waals surface area contributed by atoms with Gasteiger partial charge < -0.3 is 4.74 Å². The Morgan fingerprint density at radius 1 is 1.11 bits per heavy atom. The number of carbonyl (C=O) groups is 1. The topological polar surface area (TPSA) is 50.1 Å². The van der Waals surface area contributed by atoms with Crippen molar-refractivity contribution in [3.05, 3.63) is 0 Å². The number of carbonyl (C=O) groups excluding carboxylic acids is 1. The minimum atomic E-state index is -0.822. The highest BCUT2D eigenvalue weighted by atomic mass is 16.6. The third kappa shape index (κ3) is 3.04. The first-order chi connectivity index (χ1) is 8.65. The summed E-state index contributed by atoms with van der Waals surface area (Å²) >= 11 is 0. The van der Waals surface area contributed by atoms with Crippen LogP contribution < -0.4 is 0 Å². The molecule has 18 heavy (non-hydrogen) atoms. The largest absolute Gasteiger partial charge is 0.444 e. The second kappa shape index (κ2) is 5.73. The lowest BCUT2D eigenvalue weighted by atomic mass is 9.70. The minimum Gasteiger partial charge on any atom is -0.444 e. The maximum atomic E-state index is 11.1. The molecule has 0 aromatic heterocycles. The summed E-state index contributed by atoms with van der Waals surface area (Å²) in [7, 11) is 0. The van der Waals surface area contributed by atoms with Gasteiger partial charge in [-0.1, -0.05) is 32.1 Å². The summed E-state index contributed by atoms with van der Waals surface area (Å²) in [5, 5.41) is 9.26. The molecule has 0 aliphatic heterocycles. The quantitative estimate of drug-likeness (QED) is 0.703. The minimum absolute atomic E-state index is 0.326. The molecule has 0 aromatic carbocycles. The number of nitriles is 1. The average molecular weight is 249 g/mol. The lowest BCUT2D eigenvalue weighted by Crippen LogP contribution is -2.38. The molecule has 0 unspecified atom stereocenters. The highest BCUT2D eigenvalue weighted by Gasteiger charge is 2.40. The fourth-order valence-corrected chi connectivity index (χ4v) is 3.70. The number of ether oxygens (including phenoxy) is 1. The second-order valence-corrected chi connectivity index (χ2v) is 5.94. The molecule has 100 valence electrons. The van der Waals surface area contributed by atoms with Crippen LogP contribution in [0.1, 0.15) is 64.7 Å². The van der Waals surface area contributed by atoms with E-state index in [1.54, 1.807) is 0 Å². The van der Waals surface area contributed by atoms with Crippen LogP contribution in [0.15, 0.2) is 0 Å². The highest BCUT2D eigenvalue weighted by Crippen LogP contribution is 2.42. The van der Waals surface area contributed by atoms with E-state index in [4.69, 9.17) is 4.74 Å². The first kappa shape index (κ1) is 13.4. The molecule has 0 N–H and O–H groups in total. The molecule has 0 amide bonds. The molecule has 0 saturated heterocycles. The fraction of sp³-hybridized carbons (Fsp3) is 0.867. The maximum Gasteiger partial charge on any atom is 0.304 e. The lowest BCUT2D eigenvalue weighted by molar-refractivity contribution is -0.155. The van der Waals surface area contributed by atoms with E-state index in [0.29, 0.717) is 0 Å². The number of esters is 1. The van der Waals surface area contributed by atoms with Gasteiger partial charge in [-0.2, -0.15) is 5.26 Å². The van der Waals surface area contributed by atoms with Gasteiger partial charge in [0.15, 0.2) is 5.60 Å². The Labute approximate surface area is 110 Å². The molecular weight excluding hydrogens is 226 g/mol. The predicted octanol–water partition coefficient (Wildman–Crippen LogP) is 3.58. The Balaban J connectivity index is 1.89. The van der Waals surface area contributed by atoms with E-state index in [0.717, 1.165) is 37.5 Å². The van der Waals surface area contributed by atoms with Gasteiger partial charge in [0.1, 0.15) is 6.07 Å². The van der Waals surface area contributed by atoms with Crippen LogP contribution in [0.4, 0.5) is 0 Å². The maximum absolute atomic E-state index is 11.1. The van der Waals surface area contributed by atoms with E-state index in [9.17, 15) is 10.1 Å². The van der Waals surface area contributed by atoms with Crippen molar-refractivity contribution in [2.24, 2.45) is 11.8 Å². The van der Waals surface area contributed by atoms with Crippen LogP contribution in [0.25, 0.3) is 0 Å². The summed E-state index contributed by atoms with van der Waals surface area (Å²) in [6.07, 6.45) is 10.4. The predicted molar refractivity (Wildman–Crippen MR) is 68.6 cm³/mol. The fourth-order valence-electron chi connectivity index (χ4n) is 3.70. The van der Waals surface area contributed by atoms with Crippen LogP contribution in [-0.2, 0) is 9.53 Å². The summed E-state index contributed by atoms with van der Waals surface area (Å²) in [6.45, 7) is 1.40. The van der Waals surface area contributed by atoms with Crippen molar-refractivity contribution >= 4 is 5.97 Å². The van der Waals surface area contributed by atoms with E-state index < -0.39 is 5.60 Å².